The molecule has 2 aromatic rings. The van der Waals surface area contributed by atoms with Crippen LogP contribution in [0.3, 0.4) is 0 Å². The Morgan fingerprint density at radius 1 is 1.37 bits per heavy atom. The van der Waals surface area contributed by atoms with Gasteiger partial charge in [0.2, 0.25) is 5.82 Å². The van der Waals surface area contributed by atoms with Crippen LogP contribution >= 0.6 is 11.6 Å². The van der Waals surface area contributed by atoms with Gasteiger partial charge in [0.05, 0.1) is 12.1 Å². The summed E-state index contributed by atoms with van der Waals surface area (Å²) in [7, 11) is 0. The molecule has 0 N–H and O–H groups in total. The Balaban J connectivity index is 2.32. The fourth-order valence-corrected chi connectivity index (χ4v) is 1.52. The molecule has 0 bridgehead atoms. The van der Waals surface area contributed by atoms with Crippen LogP contribution in [0.25, 0.3) is 11.4 Å². The number of halogens is 4. The predicted octanol–water partition coefficient (Wildman–Crippen LogP) is 3.11. The van der Waals surface area contributed by atoms with E-state index in [9.17, 15) is 13.2 Å². The summed E-state index contributed by atoms with van der Waals surface area (Å²) in [5.74, 6) is 0.101. The summed E-state index contributed by atoms with van der Waals surface area (Å²) < 4.78 is 37.7. The second-order valence-corrected chi connectivity index (χ2v) is 4.27. The van der Waals surface area contributed by atoms with Crippen LogP contribution in [0.15, 0.2) is 35.9 Å². The number of nitrogens with zero attached hydrogens (tertiary/aromatic N) is 4. The topological polar surface area (TPSA) is 43.6 Å². The summed E-state index contributed by atoms with van der Waals surface area (Å²) in [6.45, 7) is 3.61. The zero-order chi connectivity index (χ0) is 14.0. The summed E-state index contributed by atoms with van der Waals surface area (Å²) in [5.41, 5.74) is -0.524. The maximum atomic E-state index is 12.6. The van der Waals surface area contributed by atoms with Crippen LogP contribution in [0, 0.1) is 0 Å². The molecule has 0 aliphatic heterocycles. The number of hydrogen-bond acceptors (Lipinski definition) is 3. The molecule has 0 saturated heterocycles. The molecule has 8 heteroatoms. The minimum Gasteiger partial charge on any atom is -0.166 e. The Labute approximate surface area is 111 Å². The van der Waals surface area contributed by atoms with Crippen molar-refractivity contribution >= 4 is 11.6 Å². The minimum absolute atomic E-state index is 0.101. The van der Waals surface area contributed by atoms with Gasteiger partial charge in [-0.05, 0) is 17.3 Å². The third kappa shape index (κ3) is 3.31. The van der Waals surface area contributed by atoms with Crippen LogP contribution in [0.4, 0.5) is 13.2 Å². The SMILES string of the molecule is C=C(Cl)Cn1nnc(-c2cccc(C(F)(F)F)c2)n1. The smallest absolute Gasteiger partial charge is 0.166 e. The highest BCUT2D eigenvalue weighted by atomic mass is 35.5. The lowest BCUT2D eigenvalue weighted by Gasteiger charge is -2.06. The third-order valence-corrected chi connectivity index (χ3v) is 2.33. The second kappa shape index (κ2) is 5.00. The lowest BCUT2D eigenvalue weighted by Crippen LogP contribution is -2.04. The molecule has 0 fully saturated rings. The van der Waals surface area contributed by atoms with Gasteiger partial charge in [-0.3, -0.25) is 0 Å². The lowest BCUT2D eigenvalue weighted by atomic mass is 10.1. The first-order chi connectivity index (χ1) is 8.86. The highest BCUT2D eigenvalue weighted by Crippen LogP contribution is 2.31. The molecule has 0 aliphatic carbocycles. The van der Waals surface area contributed by atoms with E-state index < -0.39 is 11.7 Å². The van der Waals surface area contributed by atoms with Gasteiger partial charge in [0.15, 0.2) is 0 Å². The van der Waals surface area contributed by atoms with Gasteiger partial charge < -0.3 is 0 Å². The van der Waals surface area contributed by atoms with E-state index in [0.29, 0.717) is 5.03 Å². The Hall–Kier alpha value is -1.89. The zero-order valence-electron chi connectivity index (χ0n) is 9.52. The molecular formula is C11H8ClF3N4. The van der Waals surface area contributed by atoms with Gasteiger partial charge in [-0.25, -0.2) is 0 Å². The summed E-state index contributed by atoms with van der Waals surface area (Å²) in [4.78, 5) is 1.16. The Morgan fingerprint density at radius 2 is 2.11 bits per heavy atom. The van der Waals surface area contributed by atoms with Crippen LogP contribution in [-0.4, -0.2) is 20.2 Å². The molecule has 1 aromatic heterocycles. The van der Waals surface area contributed by atoms with Crippen LogP contribution in [0.1, 0.15) is 5.56 Å². The Morgan fingerprint density at radius 3 is 2.74 bits per heavy atom. The van der Waals surface area contributed by atoms with E-state index in [1.165, 1.54) is 12.1 Å². The predicted molar refractivity (Wildman–Crippen MR) is 63.2 cm³/mol. The van der Waals surface area contributed by atoms with Crippen LogP contribution < -0.4 is 0 Å². The molecule has 0 unspecified atom stereocenters. The molecule has 19 heavy (non-hydrogen) atoms. The maximum Gasteiger partial charge on any atom is 0.416 e. The monoisotopic (exact) mass is 288 g/mol. The lowest BCUT2D eigenvalue weighted by molar-refractivity contribution is -0.137. The van der Waals surface area contributed by atoms with Crippen molar-refractivity contribution in [2.75, 3.05) is 0 Å². The third-order valence-electron chi connectivity index (χ3n) is 2.21. The molecule has 100 valence electrons. The van der Waals surface area contributed by atoms with Gasteiger partial charge >= 0.3 is 6.18 Å². The maximum absolute atomic E-state index is 12.6. The Kier molecular flexibility index (Phi) is 3.57. The largest absolute Gasteiger partial charge is 0.416 e. The molecule has 0 amide bonds. The number of tetrazole rings is 1. The number of rotatable bonds is 3. The molecule has 2 rings (SSSR count). The van der Waals surface area contributed by atoms with Crippen molar-refractivity contribution in [1.82, 2.24) is 20.2 Å². The average Bonchev–Trinajstić information content (AvgIpc) is 2.76. The number of hydrogen-bond donors (Lipinski definition) is 0. The molecular weight excluding hydrogens is 281 g/mol. The first-order valence-corrected chi connectivity index (χ1v) is 5.53. The average molecular weight is 289 g/mol. The van der Waals surface area contributed by atoms with Crippen molar-refractivity contribution in [1.29, 1.82) is 0 Å². The summed E-state index contributed by atoms with van der Waals surface area (Å²) >= 11 is 5.58. The minimum atomic E-state index is -4.41. The summed E-state index contributed by atoms with van der Waals surface area (Å²) in [5, 5.41) is 11.6. The number of allylic oxidation sites excluding steroid dienone is 1. The van der Waals surface area contributed by atoms with Crippen molar-refractivity contribution in [2.24, 2.45) is 0 Å². The fourth-order valence-electron chi connectivity index (χ4n) is 1.41. The van der Waals surface area contributed by atoms with E-state index in [2.05, 4.69) is 22.0 Å². The molecule has 1 aromatic carbocycles. The van der Waals surface area contributed by atoms with Gasteiger partial charge in [0.1, 0.15) is 0 Å². The van der Waals surface area contributed by atoms with Crippen LogP contribution in [0.2, 0.25) is 0 Å². The van der Waals surface area contributed by atoms with E-state index in [0.717, 1.165) is 16.9 Å². The summed E-state index contributed by atoms with van der Waals surface area (Å²) in [6.07, 6.45) is -4.41. The molecule has 0 saturated carbocycles. The molecule has 0 atom stereocenters. The molecule has 0 radical (unpaired) electrons. The van der Waals surface area contributed by atoms with E-state index in [-0.39, 0.29) is 17.9 Å². The zero-order valence-corrected chi connectivity index (χ0v) is 10.3. The molecule has 4 nitrogen and oxygen atoms in total. The van der Waals surface area contributed by atoms with Crippen molar-refractivity contribution in [2.45, 2.75) is 12.7 Å². The second-order valence-electron chi connectivity index (χ2n) is 3.74. The van der Waals surface area contributed by atoms with Gasteiger partial charge in [0.25, 0.3) is 0 Å². The quantitative estimate of drug-likeness (QED) is 0.871. The molecule has 0 spiro atoms. The van der Waals surface area contributed by atoms with E-state index in [4.69, 9.17) is 11.6 Å². The van der Waals surface area contributed by atoms with E-state index >= 15 is 0 Å². The Bertz CT molecular complexity index is 606. The van der Waals surface area contributed by atoms with Crippen LogP contribution in [-0.2, 0) is 12.7 Å². The highest BCUT2D eigenvalue weighted by molar-refractivity contribution is 6.29. The molecule has 1 heterocycles. The summed E-state index contributed by atoms with van der Waals surface area (Å²) in [6, 6.07) is 4.72. The number of aromatic nitrogens is 4. The van der Waals surface area contributed by atoms with Crippen molar-refractivity contribution in [3.8, 4) is 11.4 Å². The first-order valence-electron chi connectivity index (χ1n) is 5.15. The van der Waals surface area contributed by atoms with Crippen LogP contribution in [0.5, 0.6) is 0 Å². The van der Waals surface area contributed by atoms with Gasteiger partial charge in [-0.2, -0.15) is 18.0 Å². The molecule has 0 aliphatic rings. The van der Waals surface area contributed by atoms with Gasteiger partial charge in [-0.15, -0.1) is 10.2 Å². The van der Waals surface area contributed by atoms with Crippen molar-refractivity contribution in [3.05, 3.63) is 41.4 Å². The first kappa shape index (κ1) is 13.5. The highest BCUT2D eigenvalue weighted by Gasteiger charge is 2.30. The van der Waals surface area contributed by atoms with Crippen molar-refractivity contribution in [3.63, 3.8) is 0 Å². The van der Waals surface area contributed by atoms with Crippen molar-refractivity contribution < 1.29 is 13.2 Å². The fraction of sp³-hybridized carbons (Fsp3) is 0.182. The number of alkyl halides is 3. The normalized spacial score (nSPS) is 11.6. The van der Waals surface area contributed by atoms with E-state index in [1.807, 2.05) is 0 Å². The number of benzene rings is 1. The van der Waals surface area contributed by atoms with Gasteiger partial charge in [-0.1, -0.05) is 30.3 Å². The van der Waals surface area contributed by atoms with E-state index in [1.54, 1.807) is 0 Å². The standard InChI is InChI=1S/C11H8ClF3N4/c1-7(12)6-19-17-10(16-18-19)8-3-2-4-9(5-8)11(13,14)15/h2-5H,1,6H2. The van der Waals surface area contributed by atoms with Gasteiger partial charge in [0, 0.05) is 10.6 Å².